The van der Waals surface area contributed by atoms with Gasteiger partial charge in [-0.05, 0) is 13.3 Å². The molecule has 0 aliphatic heterocycles. The van der Waals surface area contributed by atoms with Crippen LogP contribution in [0.4, 0.5) is 10.3 Å². The highest BCUT2D eigenvalue weighted by atomic mass is 19.1. The molecule has 0 bridgehead atoms. The smallest absolute Gasteiger partial charge is 0.255 e. The maximum atomic E-state index is 13.1. The molecule has 0 spiro atoms. The van der Waals surface area contributed by atoms with Crippen LogP contribution in [0, 0.1) is 5.82 Å². The third-order valence-corrected chi connectivity index (χ3v) is 1.49. The molecule has 4 nitrogen and oxygen atoms in total. The zero-order chi connectivity index (χ0) is 10.4. The van der Waals surface area contributed by atoms with Crippen LogP contribution < -0.4 is 10.1 Å². The maximum Gasteiger partial charge on any atom is 0.255 e. The van der Waals surface area contributed by atoms with Gasteiger partial charge < -0.3 is 10.1 Å². The van der Waals surface area contributed by atoms with Crippen LogP contribution in [-0.4, -0.2) is 23.1 Å². The minimum atomic E-state index is -0.528. The van der Waals surface area contributed by atoms with Gasteiger partial charge in [-0.2, -0.15) is 9.37 Å². The zero-order valence-corrected chi connectivity index (χ0v) is 8.38. The lowest BCUT2D eigenvalue weighted by Crippen LogP contribution is -2.06. The van der Waals surface area contributed by atoms with Gasteiger partial charge in [-0.3, -0.25) is 0 Å². The maximum absolute atomic E-state index is 13.1. The summed E-state index contributed by atoms with van der Waals surface area (Å²) < 4.78 is 18.2. The predicted octanol–water partition coefficient (Wildman–Crippen LogP) is 1.84. The molecule has 1 rings (SSSR count). The van der Waals surface area contributed by atoms with Crippen molar-refractivity contribution in [1.29, 1.82) is 0 Å². The SMILES string of the molecule is CCCOc1nc(NCC)ncc1F. The van der Waals surface area contributed by atoms with Crippen molar-refractivity contribution in [2.45, 2.75) is 20.3 Å². The van der Waals surface area contributed by atoms with Crippen molar-refractivity contribution in [2.75, 3.05) is 18.5 Å². The Hall–Kier alpha value is -1.39. The summed E-state index contributed by atoms with van der Waals surface area (Å²) in [6.07, 6.45) is 1.93. The first-order valence-electron chi connectivity index (χ1n) is 4.67. The van der Waals surface area contributed by atoms with Crippen LogP contribution in [0.15, 0.2) is 6.20 Å². The number of hydrogen-bond acceptors (Lipinski definition) is 4. The highest BCUT2D eigenvalue weighted by Gasteiger charge is 2.06. The number of nitrogens with zero attached hydrogens (tertiary/aromatic N) is 2. The summed E-state index contributed by atoms with van der Waals surface area (Å²) >= 11 is 0. The normalized spacial score (nSPS) is 9.93. The number of hydrogen-bond donors (Lipinski definition) is 1. The summed E-state index contributed by atoms with van der Waals surface area (Å²) in [5.41, 5.74) is 0. The van der Waals surface area contributed by atoms with E-state index < -0.39 is 5.82 Å². The van der Waals surface area contributed by atoms with E-state index in [1.807, 2.05) is 13.8 Å². The van der Waals surface area contributed by atoms with Crippen LogP contribution in [0.1, 0.15) is 20.3 Å². The van der Waals surface area contributed by atoms with E-state index in [0.29, 0.717) is 19.1 Å². The largest absolute Gasteiger partial charge is 0.475 e. The van der Waals surface area contributed by atoms with E-state index in [-0.39, 0.29) is 5.88 Å². The summed E-state index contributed by atoms with van der Waals surface area (Å²) in [7, 11) is 0. The standard InChI is InChI=1S/C9H14FN3O/c1-3-5-14-8-7(10)6-12-9(13-8)11-4-2/h6H,3-5H2,1-2H3,(H,11,12,13). The van der Waals surface area contributed by atoms with Gasteiger partial charge in [0.05, 0.1) is 12.8 Å². The topological polar surface area (TPSA) is 47.0 Å². The molecule has 0 amide bonds. The van der Waals surface area contributed by atoms with Crippen molar-refractivity contribution in [3.8, 4) is 5.88 Å². The van der Waals surface area contributed by atoms with E-state index in [1.165, 1.54) is 0 Å². The third kappa shape index (κ3) is 2.83. The Labute approximate surface area is 82.5 Å². The number of anilines is 1. The third-order valence-electron chi connectivity index (χ3n) is 1.49. The van der Waals surface area contributed by atoms with E-state index in [1.54, 1.807) is 0 Å². The molecule has 0 radical (unpaired) electrons. The molecule has 14 heavy (non-hydrogen) atoms. The molecule has 1 heterocycles. The quantitative estimate of drug-likeness (QED) is 0.786. The lowest BCUT2D eigenvalue weighted by atomic mass is 10.5. The Morgan fingerprint density at radius 3 is 2.93 bits per heavy atom. The van der Waals surface area contributed by atoms with Crippen LogP contribution in [0.5, 0.6) is 5.88 Å². The number of aromatic nitrogens is 2. The van der Waals surface area contributed by atoms with E-state index >= 15 is 0 Å². The molecule has 1 aromatic rings. The van der Waals surface area contributed by atoms with Crippen LogP contribution in [-0.2, 0) is 0 Å². The highest BCUT2D eigenvalue weighted by Crippen LogP contribution is 2.14. The Morgan fingerprint density at radius 1 is 1.50 bits per heavy atom. The number of rotatable bonds is 5. The first-order chi connectivity index (χ1) is 6.77. The molecule has 0 saturated heterocycles. The van der Waals surface area contributed by atoms with Gasteiger partial charge in [-0.15, -0.1) is 0 Å². The summed E-state index contributed by atoms with van der Waals surface area (Å²) in [6.45, 7) is 5.02. The van der Waals surface area contributed by atoms with E-state index in [4.69, 9.17) is 4.74 Å². The van der Waals surface area contributed by atoms with Gasteiger partial charge in [0, 0.05) is 6.54 Å². The lowest BCUT2D eigenvalue weighted by molar-refractivity contribution is 0.288. The first-order valence-corrected chi connectivity index (χ1v) is 4.67. The van der Waals surface area contributed by atoms with Gasteiger partial charge >= 0.3 is 0 Å². The van der Waals surface area contributed by atoms with Crippen LogP contribution in [0.2, 0.25) is 0 Å². The Bertz CT molecular complexity index is 293. The predicted molar refractivity (Wildman–Crippen MR) is 51.9 cm³/mol. The fraction of sp³-hybridized carbons (Fsp3) is 0.556. The van der Waals surface area contributed by atoms with Crippen molar-refractivity contribution in [1.82, 2.24) is 9.97 Å². The average Bonchev–Trinajstić information content (AvgIpc) is 2.19. The number of nitrogens with one attached hydrogen (secondary N) is 1. The lowest BCUT2D eigenvalue weighted by Gasteiger charge is -2.06. The molecule has 0 atom stereocenters. The Morgan fingerprint density at radius 2 is 2.29 bits per heavy atom. The van der Waals surface area contributed by atoms with Gasteiger partial charge in [-0.25, -0.2) is 4.98 Å². The van der Waals surface area contributed by atoms with Crippen LogP contribution in [0.25, 0.3) is 0 Å². The summed E-state index contributed by atoms with van der Waals surface area (Å²) in [6, 6.07) is 0. The second-order valence-corrected chi connectivity index (χ2v) is 2.73. The monoisotopic (exact) mass is 199 g/mol. The van der Waals surface area contributed by atoms with Gasteiger partial charge in [-0.1, -0.05) is 6.92 Å². The second-order valence-electron chi connectivity index (χ2n) is 2.73. The molecule has 0 saturated carbocycles. The molecule has 0 aliphatic rings. The van der Waals surface area contributed by atoms with E-state index in [9.17, 15) is 4.39 Å². The summed E-state index contributed by atoms with van der Waals surface area (Å²) in [4.78, 5) is 7.64. The Kier molecular flexibility index (Phi) is 4.10. The van der Waals surface area contributed by atoms with E-state index in [2.05, 4.69) is 15.3 Å². The highest BCUT2D eigenvalue weighted by molar-refractivity contribution is 5.27. The van der Waals surface area contributed by atoms with Gasteiger partial charge in [0.25, 0.3) is 5.88 Å². The van der Waals surface area contributed by atoms with Crippen molar-refractivity contribution in [3.63, 3.8) is 0 Å². The molecule has 78 valence electrons. The van der Waals surface area contributed by atoms with Crippen molar-refractivity contribution in [2.24, 2.45) is 0 Å². The van der Waals surface area contributed by atoms with Crippen molar-refractivity contribution >= 4 is 5.95 Å². The van der Waals surface area contributed by atoms with Crippen LogP contribution >= 0.6 is 0 Å². The molecule has 0 aromatic carbocycles. The molecule has 0 fully saturated rings. The van der Waals surface area contributed by atoms with Gasteiger partial charge in [0.1, 0.15) is 0 Å². The zero-order valence-electron chi connectivity index (χ0n) is 8.38. The van der Waals surface area contributed by atoms with Crippen molar-refractivity contribution in [3.05, 3.63) is 12.0 Å². The molecule has 1 aromatic heterocycles. The second kappa shape index (κ2) is 5.36. The molecular weight excluding hydrogens is 185 g/mol. The van der Waals surface area contributed by atoms with Gasteiger partial charge in [0.15, 0.2) is 0 Å². The van der Waals surface area contributed by atoms with Crippen LogP contribution in [0.3, 0.4) is 0 Å². The molecule has 1 N–H and O–H groups in total. The minimum absolute atomic E-state index is 0.0119. The first kappa shape index (κ1) is 10.7. The molecule has 0 unspecified atom stereocenters. The summed E-state index contributed by atoms with van der Waals surface area (Å²) in [5.74, 6) is -0.127. The van der Waals surface area contributed by atoms with Crippen molar-refractivity contribution < 1.29 is 9.13 Å². The Balaban J connectivity index is 2.74. The fourth-order valence-corrected chi connectivity index (χ4v) is 0.895. The minimum Gasteiger partial charge on any atom is -0.475 e. The fourth-order valence-electron chi connectivity index (χ4n) is 0.895. The summed E-state index contributed by atoms with van der Waals surface area (Å²) in [5, 5.41) is 2.88. The molecule has 0 aliphatic carbocycles. The average molecular weight is 199 g/mol. The van der Waals surface area contributed by atoms with E-state index in [0.717, 1.165) is 12.6 Å². The molecular formula is C9H14FN3O. The number of halogens is 1. The molecule has 5 heteroatoms. The van der Waals surface area contributed by atoms with Gasteiger partial charge in [0.2, 0.25) is 11.8 Å². The number of ether oxygens (including phenoxy) is 1.